The number of aliphatic hydroxyl groups excluding tert-OH is 1. The van der Waals surface area contributed by atoms with Crippen LogP contribution in [0.15, 0.2) is 24.5 Å². The van der Waals surface area contributed by atoms with E-state index in [0.717, 1.165) is 18.4 Å². The minimum Gasteiger partial charge on any atom is -0.388 e. The molecule has 0 bridgehead atoms. The monoisotopic (exact) mass is 179 g/mol. The van der Waals surface area contributed by atoms with Crippen LogP contribution >= 0.6 is 0 Å². The van der Waals surface area contributed by atoms with Crippen molar-refractivity contribution < 1.29 is 5.11 Å². The average Bonchev–Trinajstić information content (AvgIpc) is 2.19. The lowest BCUT2D eigenvalue weighted by Gasteiger charge is -2.09. The Labute approximate surface area is 79.6 Å². The van der Waals surface area contributed by atoms with E-state index >= 15 is 0 Å². The maximum absolute atomic E-state index is 9.72. The zero-order valence-electron chi connectivity index (χ0n) is 8.11. The summed E-state index contributed by atoms with van der Waals surface area (Å²) in [5, 5.41) is 9.72. The fourth-order valence-electron chi connectivity index (χ4n) is 1.34. The predicted molar refractivity (Wildman–Crippen MR) is 53.3 cm³/mol. The molecule has 1 atom stereocenters. The van der Waals surface area contributed by atoms with E-state index in [4.69, 9.17) is 0 Å². The second-order valence-electron chi connectivity index (χ2n) is 3.29. The third kappa shape index (κ3) is 3.55. The standard InChI is InChI=1S/C11H17NO/c1-2-3-4-5-11(13)10-6-8-12-9-7-10/h6-9,11,13H,2-5H2,1H3/t11-/m0/s1. The summed E-state index contributed by atoms with van der Waals surface area (Å²) in [5.41, 5.74) is 0.978. The zero-order chi connectivity index (χ0) is 9.52. The third-order valence-electron chi connectivity index (χ3n) is 2.17. The van der Waals surface area contributed by atoms with E-state index < -0.39 is 0 Å². The highest BCUT2D eigenvalue weighted by Gasteiger charge is 2.05. The van der Waals surface area contributed by atoms with Gasteiger partial charge in [0.25, 0.3) is 0 Å². The Balaban J connectivity index is 2.35. The fraction of sp³-hybridized carbons (Fsp3) is 0.545. The van der Waals surface area contributed by atoms with Crippen LogP contribution in [-0.4, -0.2) is 10.1 Å². The summed E-state index contributed by atoms with van der Waals surface area (Å²) < 4.78 is 0. The summed E-state index contributed by atoms with van der Waals surface area (Å²) in [6.07, 6.45) is 7.48. The van der Waals surface area contributed by atoms with Crippen molar-refractivity contribution in [3.63, 3.8) is 0 Å². The number of aromatic nitrogens is 1. The minimum atomic E-state index is -0.311. The van der Waals surface area contributed by atoms with E-state index in [2.05, 4.69) is 11.9 Å². The molecule has 2 nitrogen and oxygen atoms in total. The van der Waals surface area contributed by atoms with E-state index in [1.165, 1.54) is 12.8 Å². The van der Waals surface area contributed by atoms with Crippen LogP contribution < -0.4 is 0 Å². The molecule has 0 aliphatic rings. The molecule has 0 aliphatic carbocycles. The Morgan fingerprint density at radius 2 is 2.00 bits per heavy atom. The number of nitrogens with zero attached hydrogens (tertiary/aromatic N) is 1. The molecule has 1 N–H and O–H groups in total. The number of rotatable bonds is 5. The summed E-state index contributed by atoms with van der Waals surface area (Å²) in [5.74, 6) is 0. The van der Waals surface area contributed by atoms with Gasteiger partial charge in [0.2, 0.25) is 0 Å². The first-order valence-corrected chi connectivity index (χ1v) is 4.92. The second kappa shape index (κ2) is 5.70. The van der Waals surface area contributed by atoms with Gasteiger partial charge in [-0.05, 0) is 24.1 Å². The molecule has 0 aliphatic heterocycles. The molecule has 0 saturated heterocycles. The molecule has 72 valence electrons. The van der Waals surface area contributed by atoms with E-state index in [1.54, 1.807) is 12.4 Å². The van der Waals surface area contributed by atoms with Crippen LogP contribution in [-0.2, 0) is 0 Å². The zero-order valence-corrected chi connectivity index (χ0v) is 8.11. The largest absolute Gasteiger partial charge is 0.388 e. The Kier molecular flexibility index (Phi) is 4.47. The highest BCUT2D eigenvalue weighted by atomic mass is 16.3. The second-order valence-corrected chi connectivity index (χ2v) is 3.29. The van der Waals surface area contributed by atoms with Crippen molar-refractivity contribution in [3.8, 4) is 0 Å². The number of unbranched alkanes of at least 4 members (excludes halogenated alkanes) is 2. The molecular weight excluding hydrogens is 162 g/mol. The molecule has 0 amide bonds. The smallest absolute Gasteiger partial charge is 0.0791 e. The molecular formula is C11H17NO. The van der Waals surface area contributed by atoms with Gasteiger partial charge >= 0.3 is 0 Å². The topological polar surface area (TPSA) is 33.1 Å². The maximum atomic E-state index is 9.72. The van der Waals surface area contributed by atoms with Crippen LogP contribution in [0, 0.1) is 0 Å². The van der Waals surface area contributed by atoms with Crippen LogP contribution in [0.3, 0.4) is 0 Å². The van der Waals surface area contributed by atoms with Crippen molar-refractivity contribution in [3.05, 3.63) is 30.1 Å². The number of hydrogen-bond acceptors (Lipinski definition) is 2. The first kappa shape index (κ1) is 10.2. The third-order valence-corrected chi connectivity index (χ3v) is 2.17. The molecule has 0 saturated carbocycles. The summed E-state index contributed by atoms with van der Waals surface area (Å²) in [6.45, 7) is 2.17. The van der Waals surface area contributed by atoms with Crippen molar-refractivity contribution in [2.24, 2.45) is 0 Å². The van der Waals surface area contributed by atoms with E-state index in [-0.39, 0.29) is 6.10 Å². The molecule has 1 aromatic rings. The normalized spacial score (nSPS) is 12.8. The average molecular weight is 179 g/mol. The molecule has 1 aromatic heterocycles. The Morgan fingerprint density at radius 1 is 1.31 bits per heavy atom. The van der Waals surface area contributed by atoms with Gasteiger partial charge in [0, 0.05) is 12.4 Å². The quantitative estimate of drug-likeness (QED) is 0.705. The molecule has 0 radical (unpaired) electrons. The molecule has 13 heavy (non-hydrogen) atoms. The van der Waals surface area contributed by atoms with Crippen molar-refractivity contribution in [2.75, 3.05) is 0 Å². The molecule has 1 rings (SSSR count). The van der Waals surface area contributed by atoms with Crippen LogP contribution in [0.4, 0.5) is 0 Å². The number of hydrogen-bond donors (Lipinski definition) is 1. The Bertz CT molecular complexity index is 223. The van der Waals surface area contributed by atoms with Gasteiger partial charge in [-0.15, -0.1) is 0 Å². The van der Waals surface area contributed by atoms with Crippen molar-refractivity contribution >= 4 is 0 Å². The summed E-state index contributed by atoms with van der Waals surface area (Å²) in [6, 6.07) is 3.74. The molecule has 0 aromatic carbocycles. The van der Waals surface area contributed by atoms with Crippen molar-refractivity contribution in [1.29, 1.82) is 0 Å². The Morgan fingerprint density at radius 3 is 2.62 bits per heavy atom. The van der Waals surface area contributed by atoms with Crippen molar-refractivity contribution in [2.45, 2.75) is 38.7 Å². The lowest BCUT2D eigenvalue weighted by Crippen LogP contribution is -1.96. The highest BCUT2D eigenvalue weighted by Crippen LogP contribution is 2.18. The van der Waals surface area contributed by atoms with Crippen LogP contribution in [0.1, 0.15) is 44.3 Å². The van der Waals surface area contributed by atoms with E-state index in [0.29, 0.717) is 0 Å². The van der Waals surface area contributed by atoms with Gasteiger partial charge in [0.05, 0.1) is 6.10 Å². The lowest BCUT2D eigenvalue weighted by atomic mass is 10.0. The molecule has 0 spiro atoms. The van der Waals surface area contributed by atoms with Gasteiger partial charge in [0.1, 0.15) is 0 Å². The highest BCUT2D eigenvalue weighted by molar-refractivity contribution is 5.12. The molecule has 2 heteroatoms. The van der Waals surface area contributed by atoms with Gasteiger partial charge in [-0.2, -0.15) is 0 Å². The van der Waals surface area contributed by atoms with Crippen LogP contribution in [0.2, 0.25) is 0 Å². The fourth-order valence-corrected chi connectivity index (χ4v) is 1.34. The van der Waals surface area contributed by atoms with Gasteiger partial charge in [-0.25, -0.2) is 0 Å². The van der Waals surface area contributed by atoms with E-state index in [1.807, 2.05) is 12.1 Å². The first-order valence-electron chi connectivity index (χ1n) is 4.92. The number of pyridine rings is 1. The SMILES string of the molecule is CCCCC[C@H](O)c1ccncc1. The van der Waals surface area contributed by atoms with Crippen molar-refractivity contribution in [1.82, 2.24) is 4.98 Å². The molecule has 0 unspecified atom stereocenters. The van der Waals surface area contributed by atoms with Gasteiger partial charge in [-0.1, -0.05) is 26.2 Å². The van der Waals surface area contributed by atoms with Crippen LogP contribution in [0.25, 0.3) is 0 Å². The first-order chi connectivity index (χ1) is 6.34. The summed E-state index contributed by atoms with van der Waals surface area (Å²) in [4.78, 5) is 3.91. The number of aliphatic hydroxyl groups is 1. The van der Waals surface area contributed by atoms with Gasteiger partial charge in [-0.3, -0.25) is 4.98 Å². The molecule has 0 fully saturated rings. The summed E-state index contributed by atoms with van der Waals surface area (Å²) in [7, 11) is 0. The van der Waals surface area contributed by atoms with Crippen LogP contribution in [0.5, 0.6) is 0 Å². The van der Waals surface area contributed by atoms with Gasteiger partial charge in [0.15, 0.2) is 0 Å². The predicted octanol–water partition coefficient (Wildman–Crippen LogP) is 2.70. The molecule has 1 heterocycles. The van der Waals surface area contributed by atoms with Gasteiger partial charge < -0.3 is 5.11 Å². The summed E-state index contributed by atoms with van der Waals surface area (Å²) >= 11 is 0. The Hall–Kier alpha value is -0.890. The maximum Gasteiger partial charge on any atom is 0.0791 e. The lowest BCUT2D eigenvalue weighted by molar-refractivity contribution is 0.163. The van der Waals surface area contributed by atoms with E-state index in [9.17, 15) is 5.11 Å². The minimum absolute atomic E-state index is 0.311.